The number of nitrogens with one attached hydrogen (secondary N) is 1. The van der Waals surface area contributed by atoms with Crippen molar-refractivity contribution in [2.45, 2.75) is 30.3 Å². The number of nitrogens with zero attached hydrogens (tertiary/aromatic N) is 1. The van der Waals surface area contributed by atoms with Gasteiger partial charge in [-0.15, -0.1) is 0 Å². The first-order valence-corrected chi connectivity index (χ1v) is 7.98. The molecule has 112 valence electrons. The van der Waals surface area contributed by atoms with Crippen LogP contribution in [0, 0.1) is 0 Å². The number of ether oxygens (including phenoxy) is 1. The maximum atomic E-state index is 12.7. The summed E-state index contributed by atoms with van der Waals surface area (Å²) in [6, 6.07) is 6.63. The van der Waals surface area contributed by atoms with Gasteiger partial charge in [0.1, 0.15) is 4.90 Å². The molecule has 0 radical (unpaired) electrons. The van der Waals surface area contributed by atoms with Crippen molar-refractivity contribution in [3.63, 3.8) is 0 Å². The lowest BCUT2D eigenvalue weighted by atomic mass is 9.96. The monoisotopic (exact) mass is 299 g/mol. The fourth-order valence-electron chi connectivity index (χ4n) is 2.48. The molecule has 1 atom stereocenters. The van der Waals surface area contributed by atoms with E-state index in [2.05, 4.69) is 5.43 Å². The van der Waals surface area contributed by atoms with E-state index in [1.807, 2.05) is 6.92 Å². The van der Waals surface area contributed by atoms with Crippen LogP contribution in [-0.4, -0.2) is 38.5 Å². The van der Waals surface area contributed by atoms with Gasteiger partial charge in [-0.2, -0.15) is 4.31 Å². The maximum Gasteiger partial charge on any atom is 0.245 e. The molecule has 0 bridgehead atoms. The van der Waals surface area contributed by atoms with Crippen LogP contribution in [0.1, 0.15) is 19.8 Å². The van der Waals surface area contributed by atoms with E-state index in [4.69, 9.17) is 10.6 Å². The number of anilines is 1. The predicted molar refractivity (Wildman–Crippen MR) is 77.7 cm³/mol. The second-order valence-electron chi connectivity index (χ2n) is 5.24. The molecule has 1 aliphatic heterocycles. The first kappa shape index (κ1) is 15.2. The van der Waals surface area contributed by atoms with Gasteiger partial charge in [0.15, 0.2) is 0 Å². The lowest BCUT2D eigenvalue weighted by molar-refractivity contribution is -0.0319. The number of sulfonamides is 1. The smallest absolute Gasteiger partial charge is 0.245 e. The molecule has 1 saturated heterocycles. The highest BCUT2D eigenvalue weighted by Crippen LogP contribution is 2.30. The van der Waals surface area contributed by atoms with Gasteiger partial charge in [0.25, 0.3) is 0 Å². The fraction of sp³-hybridized carbons (Fsp3) is 0.538. The summed E-state index contributed by atoms with van der Waals surface area (Å²) in [5.41, 5.74) is 2.40. The topological polar surface area (TPSA) is 84.7 Å². The summed E-state index contributed by atoms with van der Waals surface area (Å²) in [5, 5.41) is 0. The minimum absolute atomic E-state index is 0.197. The van der Waals surface area contributed by atoms with Crippen molar-refractivity contribution in [2.75, 3.05) is 25.6 Å². The number of hydrogen-bond donors (Lipinski definition) is 2. The summed E-state index contributed by atoms with van der Waals surface area (Å²) in [5.74, 6) is 5.40. The maximum absolute atomic E-state index is 12.7. The minimum atomic E-state index is -3.58. The van der Waals surface area contributed by atoms with Crippen LogP contribution in [0.15, 0.2) is 29.2 Å². The van der Waals surface area contributed by atoms with Gasteiger partial charge in [0.05, 0.1) is 11.3 Å². The molecule has 2 rings (SSSR count). The predicted octanol–water partition coefficient (Wildman–Crippen LogP) is 1.16. The third-order valence-corrected chi connectivity index (χ3v) is 5.68. The highest BCUT2D eigenvalue weighted by Gasteiger charge is 2.37. The van der Waals surface area contributed by atoms with E-state index >= 15 is 0 Å². The third-order valence-electron chi connectivity index (χ3n) is 3.78. The molecule has 1 unspecified atom stereocenters. The van der Waals surface area contributed by atoms with Gasteiger partial charge in [-0.3, -0.25) is 5.84 Å². The SMILES string of the molecule is COC1(C)CCCN(S(=O)(=O)c2ccccc2NN)C1. The zero-order chi connectivity index (χ0) is 14.8. The highest BCUT2D eigenvalue weighted by atomic mass is 32.2. The minimum Gasteiger partial charge on any atom is -0.377 e. The van der Waals surface area contributed by atoms with Crippen LogP contribution in [-0.2, 0) is 14.8 Å². The molecule has 0 saturated carbocycles. The van der Waals surface area contributed by atoms with Crippen LogP contribution in [0.25, 0.3) is 0 Å². The standard InChI is InChI=1S/C13H21N3O3S/c1-13(19-2)8-5-9-16(10-13)20(17,18)12-7-4-3-6-11(12)15-14/h3-4,6-7,15H,5,8-10,14H2,1-2H3. The number of nitrogen functional groups attached to an aromatic ring is 1. The number of hydrogen-bond acceptors (Lipinski definition) is 5. The lowest BCUT2D eigenvalue weighted by Gasteiger charge is -2.38. The van der Waals surface area contributed by atoms with Crippen molar-refractivity contribution in [3.05, 3.63) is 24.3 Å². The first-order valence-electron chi connectivity index (χ1n) is 6.54. The van der Waals surface area contributed by atoms with E-state index < -0.39 is 15.6 Å². The van der Waals surface area contributed by atoms with E-state index in [0.717, 1.165) is 12.8 Å². The quantitative estimate of drug-likeness (QED) is 0.644. The molecule has 7 heteroatoms. The largest absolute Gasteiger partial charge is 0.377 e. The summed E-state index contributed by atoms with van der Waals surface area (Å²) in [6.07, 6.45) is 1.63. The Bertz CT molecular complexity index is 576. The van der Waals surface area contributed by atoms with Crippen LogP contribution >= 0.6 is 0 Å². The molecule has 6 nitrogen and oxygen atoms in total. The van der Waals surface area contributed by atoms with Crippen molar-refractivity contribution in [1.82, 2.24) is 4.31 Å². The second-order valence-corrected chi connectivity index (χ2v) is 7.14. The number of rotatable bonds is 4. The second kappa shape index (κ2) is 5.69. The van der Waals surface area contributed by atoms with Crippen LogP contribution in [0.5, 0.6) is 0 Å². The molecular formula is C13H21N3O3S. The highest BCUT2D eigenvalue weighted by molar-refractivity contribution is 7.89. The number of piperidine rings is 1. The van der Waals surface area contributed by atoms with E-state index in [1.165, 1.54) is 4.31 Å². The summed E-state index contributed by atoms with van der Waals surface area (Å²) < 4.78 is 32.4. The van der Waals surface area contributed by atoms with Gasteiger partial charge in [0, 0.05) is 20.2 Å². The summed E-state index contributed by atoms with van der Waals surface area (Å²) >= 11 is 0. The Balaban J connectivity index is 2.35. The zero-order valence-corrected chi connectivity index (χ0v) is 12.6. The third kappa shape index (κ3) is 2.80. The Morgan fingerprint density at radius 1 is 1.40 bits per heavy atom. The van der Waals surface area contributed by atoms with Gasteiger partial charge in [-0.05, 0) is 31.9 Å². The molecular weight excluding hydrogens is 278 g/mol. The van der Waals surface area contributed by atoms with Crippen molar-refractivity contribution in [3.8, 4) is 0 Å². The van der Waals surface area contributed by atoms with Gasteiger partial charge < -0.3 is 10.2 Å². The summed E-state index contributed by atoms with van der Waals surface area (Å²) in [6.45, 7) is 2.78. The molecule has 1 aliphatic rings. The van der Waals surface area contributed by atoms with Crippen molar-refractivity contribution < 1.29 is 13.2 Å². The molecule has 3 N–H and O–H groups in total. The first-order chi connectivity index (χ1) is 9.43. The number of benzene rings is 1. The Hall–Kier alpha value is -1.15. The van der Waals surface area contributed by atoms with Crippen molar-refractivity contribution in [1.29, 1.82) is 0 Å². The molecule has 0 aliphatic carbocycles. The number of nitrogens with two attached hydrogens (primary N) is 1. The summed E-state index contributed by atoms with van der Waals surface area (Å²) in [7, 11) is -1.96. The van der Waals surface area contributed by atoms with E-state index in [0.29, 0.717) is 18.8 Å². The molecule has 0 spiro atoms. The van der Waals surface area contributed by atoms with E-state index in [1.54, 1.807) is 31.4 Å². The average Bonchev–Trinajstić information content (AvgIpc) is 2.47. The molecule has 20 heavy (non-hydrogen) atoms. The molecule has 1 fully saturated rings. The van der Waals surface area contributed by atoms with Crippen molar-refractivity contribution >= 4 is 15.7 Å². The van der Waals surface area contributed by atoms with Gasteiger partial charge in [-0.25, -0.2) is 8.42 Å². The van der Waals surface area contributed by atoms with Crippen LogP contribution in [0.2, 0.25) is 0 Å². The Morgan fingerprint density at radius 3 is 2.75 bits per heavy atom. The number of methoxy groups -OCH3 is 1. The fourth-order valence-corrected chi connectivity index (χ4v) is 4.23. The van der Waals surface area contributed by atoms with Gasteiger partial charge in [0.2, 0.25) is 10.0 Å². The van der Waals surface area contributed by atoms with Crippen LogP contribution in [0.4, 0.5) is 5.69 Å². The van der Waals surface area contributed by atoms with Gasteiger partial charge in [-0.1, -0.05) is 12.1 Å². The lowest BCUT2D eigenvalue weighted by Crippen LogP contribution is -2.49. The number of hydrazine groups is 1. The molecule has 0 aromatic heterocycles. The summed E-state index contributed by atoms with van der Waals surface area (Å²) in [4.78, 5) is 0.197. The number of para-hydroxylation sites is 1. The zero-order valence-electron chi connectivity index (χ0n) is 11.8. The normalized spacial score (nSPS) is 24.6. The Kier molecular flexibility index (Phi) is 4.33. The average molecular weight is 299 g/mol. The van der Waals surface area contributed by atoms with E-state index in [9.17, 15) is 8.42 Å². The molecule has 1 aromatic carbocycles. The van der Waals surface area contributed by atoms with E-state index in [-0.39, 0.29) is 4.90 Å². The Labute approximate surface area is 119 Å². The van der Waals surface area contributed by atoms with Crippen LogP contribution < -0.4 is 11.3 Å². The molecule has 1 heterocycles. The van der Waals surface area contributed by atoms with Crippen LogP contribution in [0.3, 0.4) is 0 Å². The van der Waals surface area contributed by atoms with Gasteiger partial charge >= 0.3 is 0 Å². The molecule has 1 aromatic rings. The Morgan fingerprint density at radius 2 is 2.10 bits per heavy atom. The van der Waals surface area contributed by atoms with Crippen molar-refractivity contribution in [2.24, 2.45) is 5.84 Å². The molecule has 0 amide bonds.